The Morgan fingerprint density at radius 3 is 1.72 bits per heavy atom. The van der Waals surface area contributed by atoms with Gasteiger partial charge < -0.3 is 8.83 Å². The molecule has 10 aromatic rings. The van der Waals surface area contributed by atoms with Crippen LogP contribution in [0.3, 0.4) is 0 Å². The first kappa shape index (κ1) is 23.2. The minimum absolute atomic E-state index is 0.788. The van der Waals surface area contributed by atoms with Crippen LogP contribution in [0.2, 0.25) is 0 Å². The molecular formula is C40H22O2S. The molecule has 0 atom stereocenters. The van der Waals surface area contributed by atoms with E-state index in [9.17, 15) is 0 Å². The minimum atomic E-state index is 0.788. The molecular weight excluding hydrogens is 545 g/mol. The molecule has 0 unspecified atom stereocenters. The van der Waals surface area contributed by atoms with Gasteiger partial charge in [-0.2, -0.15) is 0 Å². The second-order valence-electron chi connectivity index (χ2n) is 11.2. The molecule has 200 valence electrons. The van der Waals surface area contributed by atoms with E-state index < -0.39 is 0 Å². The zero-order valence-electron chi connectivity index (χ0n) is 22.9. The quantitative estimate of drug-likeness (QED) is 0.195. The van der Waals surface area contributed by atoms with E-state index in [1.165, 1.54) is 58.4 Å². The van der Waals surface area contributed by atoms with E-state index in [0.29, 0.717) is 0 Å². The lowest BCUT2D eigenvalue weighted by Crippen LogP contribution is -1.90. The van der Waals surface area contributed by atoms with Crippen LogP contribution in [0.25, 0.3) is 96.9 Å². The van der Waals surface area contributed by atoms with Gasteiger partial charge in [0.15, 0.2) is 11.2 Å². The molecule has 0 radical (unpaired) electrons. The fourth-order valence-corrected chi connectivity index (χ4v) is 8.34. The van der Waals surface area contributed by atoms with Gasteiger partial charge in [-0.25, -0.2) is 0 Å². The summed E-state index contributed by atoms with van der Waals surface area (Å²) >= 11 is 1.88. The normalized spacial score (nSPS) is 12.2. The molecule has 0 spiro atoms. The topological polar surface area (TPSA) is 26.3 Å². The first-order valence-electron chi connectivity index (χ1n) is 14.5. The maximum atomic E-state index is 6.36. The first-order valence-corrected chi connectivity index (χ1v) is 15.3. The van der Waals surface area contributed by atoms with Crippen molar-refractivity contribution in [3.8, 4) is 22.3 Å². The van der Waals surface area contributed by atoms with Gasteiger partial charge in [-0.05, 0) is 51.4 Å². The molecule has 0 saturated carbocycles. The minimum Gasteiger partial charge on any atom is -0.460 e. The molecule has 2 nitrogen and oxygen atoms in total. The summed E-state index contributed by atoms with van der Waals surface area (Å²) in [5, 5.41) is 10.8. The number of fused-ring (bicyclic) bond motifs is 10. The summed E-state index contributed by atoms with van der Waals surface area (Å²) in [7, 11) is 0. The fourth-order valence-electron chi connectivity index (χ4n) is 7.12. The third-order valence-corrected chi connectivity index (χ3v) is 10.2. The highest BCUT2D eigenvalue weighted by atomic mass is 32.1. The predicted octanol–water partition coefficient (Wildman–Crippen LogP) is 12.3. The van der Waals surface area contributed by atoms with Crippen LogP contribution in [0.4, 0.5) is 0 Å². The Kier molecular flexibility index (Phi) is 4.63. The van der Waals surface area contributed by atoms with Crippen LogP contribution < -0.4 is 0 Å². The summed E-state index contributed by atoms with van der Waals surface area (Å²) in [6.07, 6.45) is 1.91. The third-order valence-electron chi connectivity index (χ3n) is 8.96. The summed E-state index contributed by atoms with van der Waals surface area (Å²) in [4.78, 5) is 0. The molecule has 0 amide bonds. The lowest BCUT2D eigenvalue weighted by molar-refractivity contribution is 0.601. The van der Waals surface area contributed by atoms with E-state index in [0.717, 1.165) is 38.5 Å². The van der Waals surface area contributed by atoms with Gasteiger partial charge in [0, 0.05) is 53.0 Å². The Balaban J connectivity index is 1.33. The number of benzene rings is 7. The maximum absolute atomic E-state index is 6.36. The highest BCUT2D eigenvalue weighted by Gasteiger charge is 2.22. The average molecular weight is 567 g/mol. The van der Waals surface area contributed by atoms with Gasteiger partial charge in [0.1, 0.15) is 5.58 Å². The number of thiophene rings is 1. The van der Waals surface area contributed by atoms with Crippen molar-refractivity contribution in [2.24, 2.45) is 0 Å². The summed E-state index contributed by atoms with van der Waals surface area (Å²) in [6, 6.07) is 45.7. The zero-order chi connectivity index (χ0) is 28.1. The molecule has 0 aliphatic heterocycles. The molecule has 3 heterocycles. The van der Waals surface area contributed by atoms with Gasteiger partial charge in [0.25, 0.3) is 0 Å². The van der Waals surface area contributed by atoms with E-state index in [-0.39, 0.29) is 0 Å². The van der Waals surface area contributed by atoms with Crippen LogP contribution in [0.15, 0.2) is 142 Å². The SMILES string of the molecule is c1ccc2c(c1)oc1c2ccc2c(-c3c4ccccc4c(-c4cccc5c4sc4ccccc45)c4ccccc34)coc21. The molecule has 0 fully saturated rings. The van der Waals surface area contributed by atoms with E-state index in [4.69, 9.17) is 8.83 Å². The lowest BCUT2D eigenvalue weighted by Gasteiger charge is -2.17. The lowest BCUT2D eigenvalue weighted by atomic mass is 9.85. The summed E-state index contributed by atoms with van der Waals surface area (Å²) < 4.78 is 15.3. The van der Waals surface area contributed by atoms with E-state index in [1.807, 2.05) is 35.8 Å². The van der Waals surface area contributed by atoms with Gasteiger partial charge in [-0.1, -0.05) is 103 Å². The van der Waals surface area contributed by atoms with E-state index >= 15 is 0 Å². The summed E-state index contributed by atoms with van der Waals surface area (Å²) in [6.45, 7) is 0. The van der Waals surface area contributed by atoms with Gasteiger partial charge in [0.2, 0.25) is 0 Å². The van der Waals surface area contributed by atoms with E-state index in [2.05, 4.69) is 109 Å². The zero-order valence-corrected chi connectivity index (χ0v) is 23.7. The molecule has 43 heavy (non-hydrogen) atoms. The highest BCUT2D eigenvalue weighted by Crippen LogP contribution is 2.49. The van der Waals surface area contributed by atoms with Gasteiger partial charge in [-0.15, -0.1) is 11.3 Å². The van der Waals surface area contributed by atoms with Crippen LogP contribution in [-0.2, 0) is 0 Å². The fraction of sp³-hybridized carbons (Fsp3) is 0. The Morgan fingerprint density at radius 1 is 0.395 bits per heavy atom. The van der Waals surface area contributed by atoms with Crippen LogP contribution in [-0.4, -0.2) is 0 Å². The second-order valence-corrected chi connectivity index (χ2v) is 12.2. The maximum Gasteiger partial charge on any atom is 0.178 e. The highest BCUT2D eigenvalue weighted by molar-refractivity contribution is 7.26. The molecule has 7 aromatic carbocycles. The van der Waals surface area contributed by atoms with Crippen molar-refractivity contribution in [1.82, 2.24) is 0 Å². The molecule has 0 N–H and O–H groups in total. The molecule has 10 rings (SSSR count). The molecule has 0 aliphatic rings. The Morgan fingerprint density at radius 2 is 0.977 bits per heavy atom. The van der Waals surface area contributed by atoms with Crippen LogP contribution in [0.5, 0.6) is 0 Å². The molecule has 0 aliphatic carbocycles. The van der Waals surface area contributed by atoms with Crippen molar-refractivity contribution in [3.63, 3.8) is 0 Å². The summed E-state index contributed by atoms with van der Waals surface area (Å²) in [5.74, 6) is 0. The van der Waals surface area contributed by atoms with Crippen molar-refractivity contribution in [3.05, 3.63) is 134 Å². The van der Waals surface area contributed by atoms with Gasteiger partial charge in [-0.3, -0.25) is 0 Å². The third kappa shape index (κ3) is 3.12. The number of furan rings is 2. The molecule has 0 saturated heterocycles. The van der Waals surface area contributed by atoms with Crippen molar-refractivity contribution < 1.29 is 8.83 Å². The van der Waals surface area contributed by atoms with E-state index in [1.54, 1.807) is 0 Å². The number of para-hydroxylation sites is 1. The Labute approximate surface area is 250 Å². The molecule has 3 aromatic heterocycles. The predicted molar refractivity (Wildman–Crippen MR) is 182 cm³/mol. The monoisotopic (exact) mass is 566 g/mol. The van der Waals surface area contributed by atoms with Crippen LogP contribution >= 0.6 is 11.3 Å². The molecule has 0 bridgehead atoms. The van der Waals surface area contributed by atoms with Crippen molar-refractivity contribution in [2.45, 2.75) is 0 Å². The number of hydrogen-bond acceptors (Lipinski definition) is 3. The first-order chi connectivity index (χ1) is 21.3. The average Bonchev–Trinajstić information content (AvgIpc) is 3.77. The Hall–Kier alpha value is -5.38. The van der Waals surface area contributed by atoms with Gasteiger partial charge in [0.05, 0.1) is 6.26 Å². The van der Waals surface area contributed by atoms with Crippen molar-refractivity contribution >= 4 is 86.0 Å². The summed E-state index contributed by atoms with van der Waals surface area (Å²) in [5.41, 5.74) is 7.28. The van der Waals surface area contributed by atoms with Gasteiger partial charge >= 0.3 is 0 Å². The number of hydrogen-bond donors (Lipinski definition) is 0. The second kappa shape index (κ2) is 8.57. The number of rotatable bonds is 2. The molecule has 3 heteroatoms. The van der Waals surface area contributed by atoms with Crippen molar-refractivity contribution in [1.29, 1.82) is 0 Å². The largest absolute Gasteiger partial charge is 0.460 e. The van der Waals surface area contributed by atoms with Crippen LogP contribution in [0.1, 0.15) is 0 Å². The van der Waals surface area contributed by atoms with Crippen molar-refractivity contribution in [2.75, 3.05) is 0 Å². The Bertz CT molecular complexity index is 2680. The standard InChI is InChI=1S/C40H22O2S/c1-3-14-27-25(12-1)36(32-17-9-16-31-24-11-6-8-19-35(24)43-40(31)32)26-13-2-4-15-28(26)37(27)33-22-41-38-30(33)21-20-29-23-10-5-7-18-34(23)42-39(29)38/h1-22H. The smallest absolute Gasteiger partial charge is 0.178 e. The van der Waals surface area contributed by atoms with Crippen LogP contribution in [0, 0.1) is 0 Å².